The first-order chi connectivity index (χ1) is 6.66. The van der Waals surface area contributed by atoms with Gasteiger partial charge in [0.2, 0.25) is 0 Å². The van der Waals surface area contributed by atoms with E-state index in [-0.39, 0.29) is 5.97 Å². The lowest BCUT2D eigenvalue weighted by atomic mass is 10.1. The lowest BCUT2D eigenvalue weighted by molar-refractivity contribution is -0.140. The largest absolute Gasteiger partial charge is 0.465 e. The Labute approximate surface area is 96.0 Å². The SMILES string of the molecule is CC(C)CCCCCOC(=O)CSS. The van der Waals surface area contributed by atoms with Crippen molar-refractivity contribution in [1.82, 2.24) is 0 Å². The zero-order valence-electron chi connectivity index (χ0n) is 8.99. The van der Waals surface area contributed by atoms with Crippen LogP contribution in [0.25, 0.3) is 0 Å². The van der Waals surface area contributed by atoms with Gasteiger partial charge in [0.25, 0.3) is 0 Å². The van der Waals surface area contributed by atoms with Gasteiger partial charge >= 0.3 is 5.97 Å². The van der Waals surface area contributed by atoms with Crippen LogP contribution in [0.1, 0.15) is 39.5 Å². The highest BCUT2D eigenvalue weighted by Gasteiger charge is 2.00. The third-order valence-electron chi connectivity index (χ3n) is 1.87. The van der Waals surface area contributed by atoms with E-state index >= 15 is 0 Å². The number of esters is 1. The van der Waals surface area contributed by atoms with Crippen molar-refractivity contribution in [1.29, 1.82) is 0 Å². The van der Waals surface area contributed by atoms with Crippen LogP contribution < -0.4 is 0 Å². The second-order valence-electron chi connectivity index (χ2n) is 3.74. The van der Waals surface area contributed by atoms with Crippen LogP contribution in [-0.4, -0.2) is 18.3 Å². The molecule has 0 saturated carbocycles. The minimum absolute atomic E-state index is 0.158. The summed E-state index contributed by atoms with van der Waals surface area (Å²) in [6.45, 7) is 5.01. The highest BCUT2D eigenvalue weighted by Crippen LogP contribution is 2.08. The number of thiol groups is 1. The molecule has 0 radical (unpaired) electrons. The van der Waals surface area contributed by atoms with Gasteiger partial charge in [0.1, 0.15) is 5.75 Å². The molecule has 84 valence electrons. The average molecular weight is 236 g/mol. The molecule has 0 rings (SSSR count). The van der Waals surface area contributed by atoms with Crippen LogP contribution in [0.4, 0.5) is 0 Å². The second-order valence-corrected chi connectivity index (χ2v) is 5.06. The number of rotatable bonds is 8. The molecular weight excluding hydrogens is 216 g/mol. The smallest absolute Gasteiger partial charge is 0.316 e. The van der Waals surface area contributed by atoms with Gasteiger partial charge in [-0.15, -0.1) is 11.7 Å². The summed E-state index contributed by atoms with van der Waals surface area (Å²) < 4.78 is 4.98. The summed E-state index contributed by atoms with van der Waals surface area (Å²) in [5.41, 5.74) is 0. The van der Waals surface area contributed by atoms with E-state index in [0.29, 0.717) is 12.4 Å². The molecule has 14 heavy (non-hydrogen) atoms. The van der Waals surface area contributed by atoms with E-state index in [4.69, 9.17) is 4.74 Å². The molecule has 0 aromatic heterocycles. The van der Waals surface area contributed by atoms with Gasteiger partial charge in [-0.1, -0.05) is 43.9 Å². The fourth-order valence-electron chi connectivity index (χ4n) is 1.11. The summed E-state index contributed by atoms with van der Waals surface area (Å²) in [5.74, 6) is 0.960. The van der Waals surface area contributed by atoms with Crippen molar-refractivity contribution in [3.8, 4) is 0 Å². The molecule has 0 unspecified atom stereocenters. The van der Waals surface area contributed by atoms with Gasteiger partial charge in [0, 0.05) is 0 Å². The van der Waals surface area contributed by atoms with Crippen LogP contribution in [0, 0.1) is 5.92 Å². The van der Waals surface area contributed by atoms with Gasteiger partial charge in [0.05, 0.1) is 6.61 Å². The molecule has 0 aliphatic heterocycles. The Bertz CT molecular complexity index is 149. The molecule has 0 aliphatic rings. The Kier molecular flexibility index (Phi) is 9.83. The maximum Gasteiger partial charge on any atom is 0.316 e. The normalized spacial score (nSPS) is 10.6. The van der Waals surface area contributed by atoms with Gasteiger partial charge in [-0.3, -0.25) is 4.79 Å². The highest BCUT2D eigenvalue weighted by atomic mass is 33.1. The first kappa shape index (κ1) is 14.2. The van der Waals surface area contributed by atoms with Crippen molar-refractivity contribution in [3.05, 3.63) is 0 Å². The minimum Gasteiger partial charge on any atom is -0.465 e. The van der Waals surface area contributed by atoms with Crippen LogP contribution in [0.5, 0.6) is 0 Å². The van der Waals surface area contributed by atoms with E-state index in [1.807, 2.05) is 0 Å². The molecule has 0 aromatic carbocycles. The third kappa shape index (κ3) is 10.3. The van der Waals surface area contributed by atoms with E-state index in [9.17, 15) is 4.79 Å². The molecule has 0 amide bonds. The molecule has 4 heteroatoms. The predicted octanol–water partition coefficient (Wildman–Crippen LogP) is 3.32. The molecule has 0 atom stereocenters. The Morgan fingerprint density at radius 2 is 2.07 bits per heavy atom. The summed E-state index contributed by atoms with van der Waals surface area (Å²) in [6, 6.07) is 0. The van der Waals surface area contributed by atoms with Crippen molar-refractivity contribution < 1.29 is 9.53 Å². The van der Waals surface area contributed by atoms with Crippen molar-refractivity contribution >= 4 is 28.4 Å². The minimum atomic E-state index is -0.158. The van der Waals surface area contributed by atoms with Crippen molar-refractivity contribution in [2.75, 3.05) is 12.4 Å². The van der Waals surface area contributed by atoms with Gasteiger partial charge in [-0.25, -0.2) is 0 Å². The summed E-state index contributed by atoms with van der Waals surface area (Å²) in [6.07, 6.45) is 4.63. The summed E-state index contributed by atoms with van der Waals surface area (Å²) >= 11 is 3.88. The first-order valence-corrected chi connectivity index (χ1v) is 7.12. The molecule has 0 N–H and O–H groups in total. The van der Waals surface area contributed by atoms with Gasteiger partial charge in [-0.2, -0.15) is 0 Å². The van der Waals surface area contributed by atoms with Crippen LogP contribution in [-0.2, 0) is 9.53 Å². The number of ether oxygens (including phenoxy) is 1. The molecule has 0 heterocycles. The van der Waals surface area contributed by atoms with Crippen LogP contribution in [0.3, 0.4) is 0 Å². The fourth-order valence-corrected chi connectivity index (χ4v) is 1.62. The number of carbonyl (C=O) groups excluding carboxylic acids is 1. The average Bonchev–Trinajstić information content (AvgIpc) is 2.11. The molecule has 0 bridgehead atoms. The Hall–Kier alpha value is 0.170. The van der Waals surface area contributed by atoms with Crippen molar-refractivity contribution in [2.45, 2.75) is 39.5 Å². The number of unbranched alkanes of at least 4 members (excludes halogenated alkanes) is 2. The van der Waals surface area contributed by atoms with E-state index < -0.39 is 0 Å². The highest BCUT2D eigenvalue weighted by molar-refractivity contribution is 8.68. The van der Waals surface area contributed by atoms with Crippen LogP contribution in [0.15, 0.2) is 0 Å². The molecular formula is C10H20O2S2. The monoisotopic (exact) mass is 236 g/mol. The molecule has 0 fully saturated rings. The summed E-state index contributed by atoms with van der Waals surface area (Å²) in [4.78, 5) is 10.9. The summed E-state index contributed by atoms with van der Waals surface area (Å²) in [7, 11) is 1.20. The van der Waals surface area contributed by atoms with E-state index in [2.05, 4.69) is 25.5 Å². The molecule has 0 aromatic rings. The predicted molar refractivity (Wildman–Crippen MR) is 65.7 cm³/mol. The number of carbonyl (C=O) groups is 1. The molecule has 0 aliphatic carbocycles. The maximum absolute atomic E-state index is 10.9. The number of hydrogen-bond acceptors (Lipinski definition) is 4. The van der Waals surface area contributed by atoms with E-state index in [1.54, 1.807) is 0 Å². The molecule has 2 nitrogen and oxygen atoms in total. The van der Waals surface area contributed by atoms with Gasteiger partial charge in [0.15, 0.2) is 0 Å². The lowest BCUT2D eigenvalue weighted by Crippen LogP contribution is -2.07. The third-order valence-corrected chi connectivity index (χ3v) is 2.62. The van der Waals surface area contributed by atoms with Gasteiger partial charge < -0.3 is 4.74 Å². The molecule has 0 saturated heterocycles. The lowest BCUT2D eigenvalue weighted by Gasteiger charge is -2.05. The van der Waals surface area contributed by atoms with E-state index in [1.165, 1.54) is 23.6 Å². The fraction of sp³-hybridized carbons (Fsp3) is 0.900. The maximum atomic E-state index is 10.9. The quantitative estimate of drug-likeness (QED) is 0.303. The Morgan fingerprint density at radius 3 is 2.64 bits per heavy atom. The van der Waals surface area contributed by atoms with Crippen molar-refractivity contribution in [3.63, 3.8) is 0 Å². The van der Waals surface area contributed by atoms with Crippen LogP contribution in [0.2, 0.25) is 0 Å². The topological polar surface area (TPSA) is 26.3 Å². The van der Waals surface area contributed by atoms with Gasteiger partial charge in [-0.05, 0) is 12.3 Å². The Morgan fingerprint density at radius 1 is 1.36 bits per heavy atom. The van der Waals surface area contributed by atoms with Crippen molar-refractivity contribution in [2.24, 2.45) is 5.92 Å². The molecule has 0 spiro atoms. The van der Waals surface area contributed by atoms with Crippen LogP contribution >= 0.6 is 22.5 Å². The first-order valence-electron chi connectivity index (χ1n) is 5.08. The second kappa shape index (κ2) is 9.71. The number of hydrogen-bond donors (Lipinski definition) is 1. The zero-order valence-corrected chi connectivity index (χ0v) is 10.7. The summed E-state index contributed by atoms with van der Waals surface area (Å²) in [5, 5.41) is 0. The Balaban J connectivity index is 3.09. The standard InChI is InChI=1S/C10H20O2S2/c1-9(2)6-4-3-5-7-12-10(11)8-14-13/h9,13H,3-8H2,1-2H3. The zero-order chi connectivity index (χ0) is 10.8. The van der Waals surface area contributed by atoms with E-state index in [0.717, 1.165) is 18.8 Å².